The van der Waals surface area contributed by atoms with Gasteiger partial charge < -0.3 is 16.0 Å². The fourth-order valence-electron chi connectivity index (χ4n) is 2.92. The summed E-state index contributed by atoms with van der Waals surface area (Å²) in [6.45, 7) is 5.82. The maximum atomic E-state index is 14.0. The summed E-state index contributed by atoms with van der Waals surface area (Å²) < 4.78 is 14.0. The summed E-state index contributed by atoms with van der Waals surface area (Å²) >= 11 is 0. The van der Waals surface area contributed by atoms with Gasteiger partial charge in [0.05, 0.1) is 0 Å². The number of rotatable bonds is 4. The van der Waals surface area contributed by atoms with Gasteiger partial charge in [-0.05, 0) is 37.8 Å². The summed E-state index contributed by atoms with van der Waals surface area (Å²) in [5.41, 5.74) is 7.42. The first-order valence-corrected chi connectivity index (χ1v) is 7.52. The van der Waals surface area contributed by atoms with Gasteiger partial charge in [0.25, 0.3) is 0 Å². The largest absolute Gasteiger partial charge is 0.371 e. The van der Waals surface area contributed by atoms with Crippen LogP contribution in [-0.2, 0) is 4.79 Å². The molecule has 3 N–H and O–H groups in total. The maximum absolute atomic E-state index is 14.0. The summed E-state index contributed by atoms with van der Waals surface area (Å²) in [6.07, 6.45) is 1.99. The van der Waals surface area contributed by atoms with Crippen molar-refractivity contribution in [1.82, 2.24) is 5.32 Å². The Morgan fingerprint density at radius 2 is 2.14 bits per heavy atom. The molecule has 0 unspecified atom stereocenters. The molecule has 1 fully saturated rings. The lowest BCUT2D eigenvalue weighted by atomic mass is 9.95. The molecule has 0 spiro atoms. The lowest BCUT2D eigenvalue weighted by molar-refractivity contribution is -0.119. The number of piperidine rings is 1. The first-order chi connectivity index (χ1) is 9.99. The van der Waals surface area contributed by atoms with Crippen LogP contribution in [0.2, 0.25) is 0 Å². The van der Waals surface area contributed by atoms with Crippen LogP contribution in [0.3, 0.4) is 0 Å². The quantitative estimate of drug-likeness (QED) is 0.894. The topological polar surface area (TPSA) is 58.4 Å². The monoisotopic (exact) mass is 293 g/mol. The summed E-state index contributed by atoms with van der Waals surface area (Å²) in [5, 5.41) is 2.87. The van der Waals surface area contributed by atoms with E-state index in [1.165, 1.54) is 13.0 Å². The predicted molar refractivity (Wildman–Crippen MR) is 82.6 cm³/mol. The van der Waals surface area contributed by atoms with E-state index in [4.69, 9.17) is 5.73 Å². The number of carbonyl (C=O) groups is 1. The predicted octanol–water partition coefficient (Wildman–Crippen LogP) is 2.20. The van der Waals surface area contributed by atoms with Crippen LogP contribution in [0, 0.1) is 11.7 Å². The molecule has 1 atom stereocenters. The third-order valence-electron chi connectivity index (χ3n) is 4.08. The Balaban J connectivity index is 2.02. The molecule has 1 aliphatic heterocycles. The minimum absolute atomic E-state index is 0.0156. The highest BCUT2D eigenvalue weighted by molar-refractivity contribution is 5.72. The number of amides is 1. The van der Waals surface area contributed by atoms with Crippen molar-refractivity contribution in [1.29, 1.82) is 0 Å². The number of carbonyl (C=O) groups excluding carboxylic acids is 1. The molecule has 0 saturated carbocycles. The van der Waals surface area contributed by atoms with Crippen LogP contribution in [0.5, 0.6) is 0 Å². The second kappa shape index (κ2) is 6.89. The molecule has 21 heavy (non-hydrogen) atoms. The molecule has 1 aromatic carbocycles. The van der Waals surface area contributed by atoms with Gasteiger partial charge in [-0.1, -0.05) is 6.07 Å². The van der Waals surface area contributed by atoms with Gasteiger partial charge in [0.15, 0.2) is 0 Å². The Labute approximate surface area is 125 Å². The number of halogens is 1. The van der Waals surface area contributed by atoms with Crippen LogP contribution in [0.15, 0.2) is 18.2 Å². The highest BCUT2D eigenvalue weighted by atomic mass is 19.1. The fourth-order valence-corrected chi connectivity index (χ4v) is 2.92. The highest BCUT2D eigenvalue weighted by Gasteiger charge is 2.23. The normalized spacial score (nSPS) is 17.6. The van der Waals surface area contributed by atoms with E-state index in [0.29, 0.717) is 11.5 Å². The van der Waals surface area contributed by atoms with Gasteiger partial charge in [-0.3, -0.25) is 4.79 Å². The molecule has 0 bridgehead atoms. The van der Waals surface area contributed by atoms with Crippen LogP contribution in [0.25, 0.3) is 0 Å². The second-order valence-electron chi connectivity index (χ2n) is 5.83. The maximum Gasteiger partial charge on any atom is 0.216 e. The van der Waals surface area contributed by atoms with Crippen molar-refractivity contribution >= 4 is 11.6 Å². The first kappa shape index (κ1) is 15.8. The Hall–Kier alpha value is -1.62. The SMILES string of the molecule is CC(=O)NCC1CCN(c2cccc(F)c2[C@H](C)N)CC1. The standard InChI is InChI=1S/C16H24FN3O/c1-11(18)16-14(17)4-3-5-15(16)20-8-6-13(7-9-20)10-19-12(2)21/h3-5,11,13H,6-10,18H2,1-2H3,(H,19,21)/t11-/m0/s1. The van der Waals surface area contributed by atoms with Crippen molar-refractivity contribution in [3.8, 4) is 0 Å². The van der Waals surface area contributed by atoms with E-state index in [-0.39, 0.29) is 17.8 Å². The summed E-state index contributed by atoms with van der Waals surface area (Å²) in [4.78, 5) is 13.2. The number of anilines is 1. The number of nitrogens with one attached hydrogen (secondary N) is 1. The van der Waals surface area contributed by atoms with Crippen molar-refractivity contribution in [2.75, 3.05) is 24.5 Å². The number of nitrogens with zero attached hydrogens (tertiary/aromatic N) is 1. The minimum atomic E-state index is -0.321. The van der Waals surface area contributed by atoms with Gasteiger partial charge in [-0.2, -0.15) is 0 Å². The van der Waals surface area contributed by atoms with Crippen LogP contribution in [0.1, 0.15) is 38.3 Å². The zero-order valence-electron chi connectivity index (χ0n) is 12.7. The van der Waals surface area contributed by atoms with Crippen LogP contribution in [0.4, 0.5) is 10.1 Å². The molecule has 1 heterocycles. The van der Waals surface area contributed by atoms with E-state index in [1.54, 1.807) is 6.07 Å². The molecule has 5 heteroatoms. The van der Waals surface area contributed by atoms with Crippen molar-refractivity contribution in [2.45, 2.75) is 32.7 Å². The molecule has 1 amide bonds. The average Bonchev–Trinajstić information content (AvgIpc) is 2.45. The number of benzene rings is 1. The molecule has 4 nitrogen and oxygen atoms in total. The van der Waals surface area contributed by atoms with Gasteiger partial charge in [-0.15, -0.1) is 0 Å². The lowest BCUT2D eigenvalue weighted by Crippen LogP contribution is -2.39. The molecule has 0 aliphatic carbocycles. The van der Waals surface area contributed by atoms with Crippen molar-refractivity contribution < 1.29 is 9.18 Å². The lowest BCUT2D eigenvalue weighted by Gasteiger charge is -2.35. The van der Waals surface area contributed by atoms with Gasteiger partial charge in [-0.25, -0.2) is 4.39 Å². The number of hydrogen-bond acceptors (Lipinski definition) is 3. The van der Waals surface area contributed by atoms with Gasteiger partial charge in [0, 0.05) is 43.9 Å². The van der Waals surface area contributed by atoms with Gasteiger partial charge in [0.1, 0.15) is 5.82 Å². The number of hydrogen-bond donors (Lipinski definition) is 2. The molecule has 116 valence electrons. The van der Waals surface area contributed by atoms with E-state index < -0.39 is 0 Å². The third kappa shape index (κ3) is 3.94. The molecular weight excluding hydrogens is 269 g/mol. The van der Waals surface area contributed by atoms with Crippen molar-refractivity contribution in [3.05, 3.63) is 29.6 Å². The van der Waals surface area contributed by atoms with Crippen LogP contribution < -0.4 is 16.0 Å². The van der Waals surface area contributed by atoms with Crippen LogP contribution >= 0.6 is 0 Å². The van der Waals surface area contributed by atoms with E-state index in [0.717, 1.165) is 38.2 Å². The van der Waals surface area contributed by atoms with Crippen molar-refractivity contribution in [2.24, 2.45) is 11.7 Å². The van der Waals surface area contributed by atoms with E-state index in [2.05, 4.69) is 10.2 Å². The van der Waals surface area contributed by atoms with Crippen molar-refractivity contribution in [3.63, 3.8) is 0 Å². The summed E-state index contributed by atoms with van der Waals surface area (Å²) in [7, 11) is 0. The molecule has 1 saturated heterocycles. The third-order valence-corrected chi connectivity index (χ3v) is 4.08. The zero-order chi connectivity index (χ0) is 15.4. The Bertz CT molecular complexity index is 496. The smallest absolute Gasteiger partial charge is 0.216 e. The minimum Gasteiger partial charge on any atom is -0.371 e. The average molecular weight is 293 g/mol. The zero-order valence-corrected chi connectivity index (χ0v) is 12.7. The number of nitrogens with two attached hydrogens (primary N) is 1. The molecular formula is C16H24FN3O. The van der Waals surface area contributed by atoms with E-state index in [9.17, 15) is 9.18 Å². The summed E-state index contributed by atoms with van der Waals surface area (Å²) in [6, 6.07) is 4.82. The van der Waals surface area contributed by atoms with E-state index >= 15 is 0 Å². The Morgan fingerprint density at radius 3 is 2.71 bits per heavy atom. The first-order valence-electron chi connectivity index (χ1n) is 7.52. The molecule has 0 radical (unpaired) electrons. The molecule has 0 aromatic heterocycles. The molecule has 2 rings (SSSR count). The van der Waals surface area contributed by atoms with E-state index in [1.807, 2.05) is 13.0 Å². The second-order valence-corrected chi connectivity index (χ2v) is 5.83. The van der Waals surface area contributed by atoms with Gasteiger partial charge >= 0.3 is 0 Å². The van der Waals surface area contributed by atoms with Crippen LogP contribution in [-0.4, -0.2) is 25.5 Å². The van der Waals surface area contributed by atoms with Gasteiger partial charge in [0.2, 0.25) is 5.91 Å². The fraction of sp³-hybridized carbons (Fsp3) is 0.562. The summed E-state index contributed by atoms with van der Waals surface area (Å²) in [5.74, 6) is 0.280. The Kier molecular flexibility index (Phi) is 5.17. The Morgan fingerprint density at radius 1 is 1.48 bits per heavy atom. The molecule has 1 aliphatic rings. The highest BCUT2D eigenvalue weighted by Crippen LogP contribution is 2.30. The molecule has 1 aromatic rings.